The van der Waals surface area contributed by atoms with Gasteiger partial charge in [0.1, 0.15) is 17.4 Å². The largest absolute Gasteiger partial charge is 0.493 e. The van der Waals surface area contributed by atoms with Crippen molar-refractivity contribution in [2.45, 2.75) is 52.2 Å². The maximum atomic E-state index is 13.4. The molecule has 0 unspecified atom stereocenters. The van der Waals surface area contributed by atoms with Gasteiger partial charge in [-0.25, -0.2) is 4.39 Å². The number of hydrogen-bond donors (Lipinski definition) is 0. The number of piperidine rings is 1. The number of halogens is 1. The lowest BCUT2D eigenvalue weighted by Gasteiger charge is -2.45. The zero-order valence-corrected chi connectivity index (χ0v) is 22.0. The van der Waals surface area contributed by atoms with Crippen molar-refractivity contribution in [3.63, 3.8) is 0 Å². The summed E-state index contributed by atoms with van der Waals surface area (Å²) in [6.45, 7) is 10.8. The van der Waals surface area contributed by atoms with E-state index >= 15 is 0 Å². The van der Waals surface area contributed by atoms with Crippen LogP contribution >= 0.6 is 0 Å². The molecular weight excluding hydrogens is 473 g/mol. The van der Waals surface area contributed by atoms with Gasteiger partial charge in [-0.3, -0.25) is 9.69 Å². The van der Waals surface area contributed by atoms with Crippen molar-refractivity contribution in [1.29, 1.82) is 0 Å². The number of ether oxygens (including phenoxy) is 2. The van der Waals surface area contributed by atoms with Crippen molar-refractivity contribution in [2.24, 2.45) is 10.6 Å². The van der Waals surface area contributed by atoms with E-state index in [1.54, 1.807) is 12.1 Å². The van der Waals surface area contributed by atoms with Crippen molar-refractivity contribution in [2.75, 3.05) is 39.4 Å². The summed E-state index contributed by atoms with van der Waals surface area (Å²) in [6.07, 6.45) is 2.33. The third-order valence-corrected chi connectivity index (χ3v) is 7.76. The summed E-state index contributed by atoms with van der Waals surface area (Å²) in [7, 11) is 0. The van der Waals surface area contributed by atoms with Crippen molar-refractivity contribution < 1.29 is 23.5 Å². The van der Waals surface area contributed by atoms with Gasteiger partial charge >= 0.3 is 5.97 Å². The van der Waals surface area contributed by atoms with E-state index in [9.17, 15) is 9.18 Å². The zero-order chi connectivity index (χ0) is 26.0. The van der Waals surface area contributed by atoms with Crippen LogP contribution in [0.1, 0.15) is 45.6 Å². The van der Waals surface area contributed by atoms with Crippen LogP contribution in [0.4, 0.5) is 4.39 Å². The molecule has 1 spiro atoms. The maximum absolute atomic E-state index is 13.4. The lowest BCUT2D eigenvalue weighted by atomic mass is 9.80. The number of benzene rings is 2. The highest BCUT2D eigenvalue weighted by Gasteiger charge is 2.51. The van der Waals surface area contributed by atoms with Gasteiger partial charge in [0.25, 0.3) is 0 Å². The minimum absolute atomic E-state index is 0.0939. The molecule has 2 saturated heterocycles. The van der Waals surface area contributed by atoms with Crippen LogP contribution in [0.25, 0.3) is 11.1 Å². The first kappa shape index (κ1) is 25.5. The Balaban J connectivity index is 1.15. The van der Waals surface area contributed by atoms with Gasteiger partial charge in [0.05, 0.1) is 25.0 Å². The fourth-order valence-corrected chi connectivity index (χ4v) is 5.56. The molecule has 3 aliphatic rings. The molecule has 2 fully saturated rings. The first-order valence-corrected chi connectivity index (χ1v) is 13.2. The molecule has 0 saturated carbocycles. The first-order valence-electron chi connectivity index (χ1n) is 13.2. The van der Waals surface area contributed by atoms with Crippen LogP contribution in [0.5, 0.6) is 5.75 Å². The normalized spacial score (nSPS) is 20.2. The molecule has 8 heteroatoms. The molecule has 0 amide bonds. The van der Waals surface area contributed by atoms with Gasteiger partial charge in [-0.2, -0.15) is 0 Å². The molecular formula is C29H36FN3O4. The van der Waals surface area contributed by atoms with Crippen molar-refractivity contribution in [1.82, 2.24) is 9.80 Å². The average Bonchev–Trinajstić information content (AvgIpc) is 3.31. The van der Waals surface area contributed by atoms with Gasteiger partial charge in [-0.1, -0.05) is 29.4 Å². The van der Waals surface area contributed by atoms with Crippen LogP contribution in [-0.2, 0) is 20.9 Å². The molecule has 2 aromatic carbocycles. The Bertz CT molecular complexity index is 1150. The van der Waals surface area contributed by atoms with Crippen molar-refractivity contribution in [3.8, 4) is 16.9 Å². The smallest absolute Gasteiger partial charge is 0.311 e. The minimum Gasteiger partial charge on any atom is -0.493 e. The number of rotatable bonds is 7. The number of likely N-dealkylation sites (tertiary alicyclic amines) is 2. The predicted molar refractivity (Wildman–Crippen MR) is 140 cm³/mol. The van der Waals surface area contributed by atoms with E-state index < -0.39 is 5.41 Å². The Morgan fingerprint density at radius 3 is 2.49 bits per heavy atom. The summed E-state index contributed by atoms with van der Waals surface area (Å²) in [5.41, 5.74) is 2.39. The summed E-state index contributed by atoms with van der Waals surface area (Å²) in [6, 6.07) is 12.7. The van der Waals surface area contributed by atoms with Crippen LogP contribution in [-0.4, -0.2) is 66.6 Å². The molecule has 0 atom stereocenters. The second-order valence-electron chi connectivity index (χ2n) is 10.6. The zero-order valence-electron chi connectivity index (χ0n) is 22.0. The second kappa shape index (κ2) is 10.3. The summed E-state index contributed by atoms with van der Waals surface area (Å²) in [4.78, 5) is 22.9. The quantitative estimate of drug-likeness (QED) is 0.498. The average molecular weight is 510 g/mol. The highest BCUT2D eigenvalue weighted by Crippen LogP contribution is 2.39. The summed E-state index contributed by atoms with van der Waals surface area (Å²) >= 11 is 0. The lowest BCUT2D eigenvalue weighted by Crippen LogP contribution is -2.61. The maximum Gasteiger partial charge on any atom is 0.311 e. The number of nitrogens with zero attached hydrogens (tertiary/aromatic N) is 3. The monoisotopic (exact) mass is 509 g/mol. The molecule has 2 aromatic rings. The second-order valence-corrected chi connectivity index (χ2v) is 10.6. The number of oxime groups is 1. The summed E-state index contributed by atoms with van der Waals surface area (Å²) in [5.74, 6) is 1.46. The molecule has 0 radical (unpaired) electrons. The SMILES string of the molecule is CCOC(=O)C1(C)CCN(C2=NOC3(C2)CN(Cc2ccc(-c4ccc(F)cc4)c(OCC)c2)C3)CC1. The van der Waals surface area contributed by atoms with Crippen LogP contribution < -0.4 is 4.74 Å². The van der Waals surface area contributed by atoms with Crippen LogP contribution in [0, 0.1) is 11.2 Å². The standard InChI is InChI=1S/C29H36FN3O4/c1-4-35-25-16-21(6-11-24(25)22-7-9-23(30)10-8-22)18-32-19-29(20-32)17-26(31-37-29)33-14-12-28(3,13-15-33)27(34)36-5-2/h6-11,16H,4-5,12-15,17-20H2,1-3H3. The van der Waals surface area contributed by atoms with Crippen LogP contribution in [0.3, 0.4) is 0 Å². The molecule has 3 heterocycles. The van der Waals surface area contributed by atoms with Gasteiger partial charge in [0, 0.05) is 38.3 Å². The van der Waals surface area contributed by atoms with E-state index in [4.69, 9.17) is 14.3 Å². The number of amidine groups is 1. The molecule has 5 rings (SSSR count). The topological polar surface area (TPSA) is 63.6 Å². The fourth-order valence-electron chi connectivity index (χ4n) is 5.56. The van der Waals surface area contributed by atoms with Gasteiger partial charge in [-0.05, 0) is 62.9 Å². The van der Waals surface area contributed by atoms with E-state index in [0.29, 0.717) is 13.2 Å². The Hall–Kier alpha value is -3.13. The summed E-state index contributed by atoms with van der Waals surface area (Å²) in [5, 5.41) is 4.45. The minimum atomic E-state index is -0.413. The van der Waals surface area contributed by atoms with E-state index in [1.165, 1.54) is 12.1 Å². The molecule has 0 bridgehead atoms. The van der Waals surface area contributed by atoms with E-state index in [1.807, 2.05) is 20.8 Å². The third-order valence-electron chi connectivity index (χ3n) is 7.76. The van der Waals surface area contributed by atoms with Gasteiger partial charge in [0.15, 0.2) is 5.60 Å². The number of carbonyl (C=O) groups excluding carboxylic acids is 1. The fraction of sp³-hybridized carbons (Fsp3) is 0.517. The van der Waals surface area contributed by atoms with Gasteiger partial charge in [-0.15, -0.1) is 0 Å². The Kier molecular flexibility index (Phi) is 7.12. The Labute approximate surface area is 218 Å². The number of carbonyl (C=O) groups is 1. The molecule has 37 heavy (non-hydrogen) atoms. The van der Waals surface area contributed by atoms with Crippen molar-refractivity contribution >= 4 is 11.8 Å². The lowest BCUT2D eigenvalue weighted by molar-refractivity contribution is -0.156. The van der Waals surface area contributed by atoms with E-state index in [-0.39, 0.29) is 17.4 Å². The Morgan fingerprint density at radius 1 is 1.08 bits per heavy atom. The van der Waals surface area contributed by atoms with Crippen LogP contribution in [0.2, 0.25) is 0 Å². The highest BCUT2D eigenvalue weighted by atomic mass is 19.1. The molecule has 0 aliphatic carbocycles. The van der Waals surface area contributed by atoms with E-state index in [0.717, 1.165) is 80.3 Å². The van der Waals surface area contributed by atoms with Gasteiger partial charge < -0.3 is 19.2 Å². The van der Waals surface area contributed by atoms with E-state index in [2.05, 4.69) is 33.2 Å². The number of hydrogen-bond acceptors (Lipinski definition) is 7. The molecule has 7 nitrogen and oxygen atoms in total. The van der Waals surface area contributed by atoms with Gasteiger partial charge in [0.2, 0.25) is 0 Å². The van der Waals surface area contributed by atoms with Crippen LogP contribution in [0.15, 0.2) is 47.6 Å². The molecule has 0 N–H and O–H groups in total. The summed E-state index contributed by atoms with van der Waals surface area (Å²) < 4.78 is 24.6. The number of esters is 1. The predicted octanol–water partition coefficient (Wildman–Crippen LogP) is 4.84. The molecule has 3 aliphatic heterocycles. The van der Waals surface area contributed by atoms with Crippen molar-refractivity contribution in [3.05, 3.63) is 53.8 Å². The highest BCUT2D eigenvalue weighted by molar-refractivity contribution is 5.85. The third kappa shape index (κ3) is 5.30. The first-order chi connectivity index (χ1) is 17.8. The Morgan fingerprint density at radius 2 is 1.81 bits per heavy atom. The molecule has 198 valence electrons. The molecule has 0 aromatic heterocycles.